The highest BCUT2D eigenvalue weighted by molar-refractivity contribution is 4.99. The van der Waals surface area contributed by atoms with Crippen molar-refractivity contribution in [2.45, 2.75) is 19.3 Å². The molecule has 1 nitrogen and oxygen atoms in total. The van der Waals surface area contributed by atoms with Crippen molar-refractivity contribution in [1.82, 2.24) is 0 Å². The fraction of sp³-hybridized carbons (Fsp3) is 0.750. The first-order valence-corrected chi connectivity index (χ1v) is 3.68. The molecule has 0 radical (unpaired) electrons. The Hall–Kier alpha value is -0.460. The minimum Gasteiger partial charge on any atom is -0.498 e. The van der Waals surface area contributed by atoms with Crippen molar-refractivity contribution in [2.75, 3.05) is 6.61 Å². The molecule has 0 spiro atoms. The van der Waals surface area contributed by atoms with Crippen molar-refractivity contribution in [3.8, 4) is 0 Å². The van der Waals surface area contributed by atoms with Gasteiger partial charge in [-0.05, 0) is 25.2 Å². The van der Waals surface area contributed by atoms with Crippen molar-refractivity contribution in [2.24, 2.45) is 11.8 Å². The normalized spacial score (nSPS) is 40.7. The highest BCUT2D eigenvalue weighted by Crippen LogP contribution is 2.39. The maximum Gasteiger partial charge on any atom is 0.0919 e. The summed E-state index contributed by atoms with van der Waals surface area (Å²) in [4.78, 5) is 0. The second-order valence-electron chi connectivity index (χ2n) is 3.15. The quantitative estimate of drug-likeness (QED) is 0.479. The van der Waals surface area contributed by atoms with Crippen LogP contribution < -0.4 is 0 Å². The van der Waals surface area contributed by atoms with Crippen molar-refractivity contribution >= 4 is 0 Å². The Morgan fingerprint density at radius 2 is 2.33 bits per heavy atom. The Kier molecular flexibility index (Phi) is 1.04. The third kappa shape index (κ3) is 0.752. The van der Waals surface area contributed by atoms with Crippen molar-refractivity contribution in [1.29, 1.82) is 0 Å². The predicted octanol–water partition coefficient (Wildman–Crippen LogP) is 1.95. The standard InChI is InChI=1S/C8H12O/c1-6-8-3-2-7(4-8)5-9-6/h7-8H,1-5H2. The first-order valence-electron chi connectivity index (χ1n) is 3.68. The van der Waals surface area contributed by atoms with E-state index in [4.69, 9.17) is 4.74 Å². The lowest BCUT2D eigenvalue weighted by molar-refractivity contribution is 0.115. The zero-order chi connectivity index (χ0) is 6.27. The zero-order valence-electron chi connectivity index (χ0n) is 5.60. The van der Waals surface area contributed by atoms with Crippen LogP contribution in [-0.4, -0.2) is 6.61 Å². The summed E-state index contributed by atoms with van der Waals surface area (Å²) in [5.74, 6) is 2.62. The Bertz CT molecular complexity index is 140. The summed E-state index contributed by atoms with van der Waals surface area (Å²) in [5.41, 5.74) is 0. The van der Waals surface area contributed by atoms with Gasteiger partial charge in [0, 0.05) is 5.92 Å². The van der Waals surface area contributed by atoms with E-state index in [0.717, 1.165) is 18.3 Å². The number of hydrogen-bond donors (Lipinski definition) is 0. The largest absolute Gasteiger partial charge is 0.498 e. The first-order chi connectivity index (χ1) is 4.36. The summed E-state index contributed by atoms with van der Waals surface area (Å²) < 4.78 is 5.37. The molecule has 2 unspecified atom stereocenters. The lowest BCUT2D eigenvalue weighted by Crippen LogP contribution is -2.14. The van der Waals surface area contributed by atoms with Gasteiger partial charge < -0.3 is 4.74 Å². The maximum atomic E-state index is 5.37. The van der Waals surface area contributed by atoms with E-state index in [1.165, 1.54) is 19.3 Å². The van der Waals surface area contributed by atoms with Gasteiger partial charge in [-0.3, -0.25) is 0 Å². The predicted molar refractivity (Wildman–Crippen MR) is 35.9 cm³/mol. The molecule has 1 aliphatic carbocycles. The molecule has 1 aliphatic heterocycles. The minimum absolute atomic E-state index is 0.712. The smallest absolute Gasteiger partial charge is 0.0919 e. The third-order valence-electron chi connectivity index (χ3n) is 2.50. The topological polar surface area (TPSA) is 9.23 Å². The fourth-order valence-corrected chi connectivity index (χ4v) is 1.86. The molecule has 2 aliphatic rings. The van der Waals surface area contributed by atoms with E-state index < -0.39 is 0 Å². The van der Waals surface area contributed by atoms with Gasteiger partial charge in [-0.15, -0.1) is 0 Å². The van der Waals surface area contributed by atoms with Crippen molar-refractivity contribution < 1.29 is 4.74 Å². The molecule has 0 N–H and O–H groups in total. The van der Waals surface area contributed by atoms with E-state index in [2.05, 4.69) is 6.58 Å². The number of allylic oxidation sites excluding steroid dienone is 1. The van der Waals surface area contributed by atoms with Gasteiger partial charge in [-0.1, -0.05) is 6.58 Å². The molecular weight excluding hydrogens is 112 g/mol. The molecule has 0 amide bonds. The molecule has 2 bridgehead atoms. The van der Waals surface area contributed by atoms with Crippen LogP contribution in [0.2, 0.25) is 0 Å². The average Bonchev–Trinajstić information content (AvgIpc) is 2.25. The van der Waals surface area contributed by atoms with Gasteiger partial charge in [0.1, 0.15) is 0 Å². The Balaban J connectivity index is 2.14. The molecule has 2 fully saturated rings. The summed E-state index contributed by atoms with van der Waals surface area (Å²) in [6.45, 7) is 4.81. The SMILES string of the molecule is C=C1OCC2CCC1C2. The molecule has 1 heterocycles. The summed E-state index contributed by atoms with van der Waals surface area (Å²) in [6.07, 6.45) is 4.03. The molecule has 9 heavy (non-hydrogen) atoms. The average molecular weight is 124 g/mol. The van der Waals surface area contributed by atoms with Gasteiger partial charge >= 0.3 is 0 Å². The van der Waals surface area contributed by atoms with Crippen LogP contribution in [0.4, 0.5) is 0 Å². The molecule has 1 heteroatoms. The van der Waals surface area contributed by atoms with Gasteiger partial charge in [0.15, 0.2) is 0 Å². The van der Waals surface area contributed by atoms with Crippen LogP contribution in [0.3, 0.4) is 0 Å². The summed E-state index contributed by atoms with van der Waals surface area (Å²) in [5, 5.41) is 0. The molecule has 50 valence electrons. The highest BCUT2D eigenvalue weighted by atomic mass is 16.5. The van der Waals surface area contributed by atoms with E-state index in [1.807, 2.05) is 0 Å². The van der Waals surface area contributed by atoms with Gasteiger partial charge in [-0.25, -0.2) is 0 Å². The maximum absolute atomic E-state index is 5.37. The van der Waals surface area contributed by atoms with Gasteiger partial charge in [0.2, 0.25) is 0 Å². The number of hydrogen-bond acceptors (Lipinski definition) is 1. The summed E-state index contributed by atoms with van der Waals surface area (Å²) >= 11 is 0. The van der Waals surface area contributed by atoms with E-state index in [0.29, 0.717) is 5.92 Å². The number of rotatable bonds is 0. The fourth-order valence-electron chi connectivity index (χ4n) is 1.86. The van der Waals surface area contributed by atoms with Crippen LogP contribution in [-0.2, 0) is 4.74 Å². The molecule has 1 saturated heterocycles. The molecule has 0 aromatic carbocycles. The van der Waals surface area contributed by atoms with Crippen molar-refractivity contribution in [3.63, 3.8) is 0 Å². The van der Waals surface area contributed by atoms with Crippen LogP contribution in [0.15, 0.2) is 12.3 Å². The van der Waals surface area contributed by atoms with Gasteiger partial charge in [0.25, 0.3) is 0 Å². The minimum atomic E-state index is 0.712. The van der Waals surface area contributed by atoms with Crippen LogP contribution in [0.5, 0.6) is 0 Å². The summed E-state index contributed by atoms with van der Waals surface area (Å²) in [6, 6.07) is 0. The monoisotopic (exact) mass is 124 g/mol. The third-order valence-corrected chi connectivity index (χ3v) is 2.50. The van der Waals surface area contributed by atoms with Crippen LogP contribution in [0.1, 0.15) is 19.3 Å². The van der Waals surface area contributed by atoms with Gasteiger partial charge in [0.05, 0.1) is 12.4 Å². The van der Waals surface area contributed by atoms with E-state index in [1.54, 1.807) is 0 Å². The van der Waals surface area contributed by atoms with Crippen LogP contribution in [0, 0.1) is 11.8 Å². The second kappa shape index (κ2) is 1.76. The zero-order valence-corrected chi connectivity index (χ0v) is 5.60. The Morgan fingerprint density at radius 3 is 3.11 bits per heavy atom. The molecule has 1 saturated carbocycles. The molecule has 0 aromatic rings. The number of fused-ring (bicyclic) bond motifs is 2. The molecular formula is C8H12O. The Morgan fingerprint density at radius 1 is 1.44 bits per heavy atom. The number of ether oxygens (including phenoxy) is 1. The first kappa shape index (κ1) is 5.33. The highest BCUT2D eigenvalue weighted by Gasteiger charge is 2.32. The molecule has 2 atom stereocenters. The van der Waals surface area contributed by atoms with Crippen molar-refractivity contribution in [3.05, 3.63) is 12.3 Å². The Labute approximate surface area is 55.7 Å². The molecule has 0 aromatic heterocycles. The second-order valence-corrected chi connectivity index (χ2v) is 3.15. The van der Waals surface area contributed by atoms with E-state index >= 15 is 0 Å². The lowest BCUT2D eigenvalue weighted by atomic mass is 10.0. The van der Waals surface area contributed by atoms with Crippen LogP contribution >= 0.6 is 0 Å². The summed E-state index contributed by atoms with van der Waals surface area (Å²) in [7, 11) is 0. The van der Waals surface area contributed by atoms with E-state index in [9.17, 15) is 0 Å². The van der Waals surface area contributed by atoms with Gasteiger partial charge in [-0.2, -0.15) is 0 Å². The van der Waals surface area contributed by atoms with Crippen LogP contribution in [0.25, 0.3) is 0 Å². The lowest BCUT2D eigenvalue weighted by Gasteiger charge is -2.21. The molecule has 2 rings (SSSR count). The van der Waals surface area contributed by atoms with E-state index in [-0.39, 0.29) is 0 Å².